The van der Waals surface area contributed by atoms with Crippen LogP contribution < -0.4 is 15.4 Å². The van der Waals surface area contributed by atoms with Gasteiger partial charge >= 0.3 is 0 Å². The van der Waals surface area contributed by atoms with Crippen molar-refractivity contribution in [3.8, 4) is 5.75 Å². The van der Waals surface area contributed by atoms with Crippen molar-refractivity contribution in [3.05, 3.63) is 65.7 Å². The maximum atomic E-state index is 10.3. The molecule has 3 N–H and O–H groups in total. The largest absolute Gasteiger partial charge is 0.497 e. The molecule has 0 aliphatic rings. The molecule has 0 saturated carbocycles. The number of guanidine groups is 1. The van der Waals surface area contributed by atoms with E-state index in [0.29, 0.717) is 5.96 Å². The molecule has 1 unspecified atom stereocenters. The Labute approximate surface area is 149 Å². The summed E-state index contributed by atoms with van der Waals surface area (Å²) in [5, 5.41) is 16.8. The fourth-order valence-corrected chi connectivity index (χ4v) is 2.44. The van der Waals surface area contributed by atoms with Crippen LogP contribution in [0.5, 0.6) is 5.75 Å². The Morgan fingerprint density at radius 2 is 1.92 bits per heavy atom. The number of ether oxygens (including phenoxy) is 1. The Bertz CT molecular complexity index is 659. The number of rotatable bonds is 8. The first-order valence-corrected chi connectivity index (χ1v) is 8.61. The van der Waals surface area contributed by atoms with Crippen molar-refractivity contribution in [3.63, 3.8) is 0 Å². The van der Waals surface area contributed by atoms with Crippen molar-refractivity contribution >= 4 is 5.96 Å². The second kappa shape index (κ2) is 10.4. The third-order valence-corrected chi connectivity index (χ3v) is 3.79. The molecule has 2 aromatic rings. The Balaban J connectivity index is 1.89. The molecule has 0 aromatic heterocycles. The molecule has 134 valence electrons. The lowest BCUT2D eigenvalue weighted by Gasteiger charge is -2.14. The van der Waals surface area contributed by atoms with Crippen LogP contribution in [-0.4, -0.2) is 37.8 Å². The topological polar surface area (TPSA) is 65.9 Å². The van der Waals surface area contributed by atoms with E-state index < -0.39 is 6.10 Å². The molecule has 0 spiro atoms. The molecule has 0 aliphatic carbocycles. The van der Waals surface area contributed by atoms with E-state index in [-0.39, 0.29) is 6.54 Å². The van der Waals surface area contributed by atoms with Gasteiger partial charge in [0.05, 0.1) is 19.8 Å². The predicted molar refractivity (Wildman–Crippen MR) is 102 cm³/mol. The van der Waals surface area contributed by atoms with Crippen LogP contribution in [0.4, 0.5) is 0 Å². The van der Waals surface area contributed by atoms with E-state index in [4.69, 9.17) is 4.74 Å². The second-order valence-corrected chi connectivity index (χ2v) is 5.67. The van der Waals surface area contributed by atoms with Gasteiger partial charge in [-0.05, 0) is 36.6 Å². The molecular formula is C20H27N3O2. The van der Waals surface area contributed by atoms with Crippen LogP contribution in [0.3, 0.4) is 0 Å². The summed E-state index contributed by atoms with van der Waals surface area (Å²) in [6, 6.07) is 17.7. The molecule has 25 heavy (non-hydrogen) atoms. The third kappa shape index (κ3) is 6.47. The molecule has 0 saturated heterocycles. The minimum atomic E-state index is -0.667. The summed E-state index contributed by atoms with van der Waals surface area (Å²) in [6.07, 6.45) is 0.253. The van der Waals surface area contributed by atoms with Crippen molar-refractivity contribution in [1.82, 2.24) is 10.6 Å². The van der Waals surface area contributed by atoms with Crippen molar-refractivity contribution in [1.29, 1.82) is 0 Å². The molecule has 1 atom stereocenters. The normalized spacial score (nSPS) is 12.5. The quantitative estimate of drug-likeness (QED) is 0.510. The minimum Gasteiger partial charge on any atom is -0.497 e. The monoisotopic (exact) mass is 341 g/mol. The van der Waals surface area contributed by atoms with Gasteiger partial charge < -0.3 is 20.5 Å². The fourth-order valence-electron chi connectivity index (χ4n) is 2.44. The maximum absolute atomic E-state index is 10.3. The highest BCUT2D eigenvalue weighted by molar-refractivity contribution is 5.79. The van der Waals surface area contributed by atoms with E-state index in [1.807, 2.05) is 49.4 Å². The molecule has 0 heterocycles. The number of nitrogens with zero attached hydrogens (tertiary/aromatic N) is 1. The standard InChI is InChI=1S/C20H27N3O2/c1-3-21-20(22-13-12-16-8-5-4-6-9-16)23-15-19(24)17-10-7-11-18(14-17)25-2/h4-11,14,19,24H,3,12-13,15H2,1-2H3,(H2,21,22,23). The Hall–Kier alpha value is -2.53. The predicted octanol–water partition coefficient (Wildman–Crippen LogP) is 2.53. The zero-order valence-electron chi connectivity index (χ0n) is 14.9. The number of aliphatic hydroxyl groups excluding tert-OH is 1. The first-order valence-electron chi connectivity index (χ1n) is 8.61. The van der Waals surface area contributed by atoms with Crippen molar-refractivity contribution in [2.24, 2.45) is 4.99 Å². The van der Waals surface area contributed by atoms with E-state index in [2.05, 4.69) is 27.8 Å². The Morgan fingerprint density at radius 1 is 1.12 bits per heavy atom. The molecule has 0 bridgehead atoms. The first kappa shape index (κ1) is 18.8. The van der Waals surface area contributed by atoms with Gasteiger partial charge in [0.25, 0.3) is 0 Å². The van der Waals surface area contributed by atoms with Gasteiger partial charge in [0, 0.05) is 13.1 Å². The van der Waals surface area contributed by atoms with Gasteiger partial charge in [0.1, 0.15) is 5.75 Å². The minimum absolute atomic E-state index is 0.286. The SMILES string of the molecule is CCNC(=NCC(O)c1cccc(OC)c1)NCCc1ccccc1. The summed E-state index contributed by atoms with van der Waals surface area (Å²) in [5.74, 6) is 1.44. The molecule has 0 radical (unpaired) electrons. The van der Waals surface area contributed by atoms with Crippen LogP contribution >= 0.6 is 0 Å². The summed E-state index contributed by atoms with van der Waals surface area (Å²) in [6.45, 7) is 3.86. The van der Waals surface area contributed by atoms with Crippen LogP contribution in [0.2, 0.25) is 0 Å². The number of benzene rings is 2. The highest BCUT2D eigenvalue weighted by atomic mass is 16.5. The van der Waals surface area contributed by atoms with Gasteiger partial charge in [0.15, 0.2) is 5.96 Å². The Morgan fingerprint density at radius 3 is 2.64 bits per heavy atom. The van der Waals surface area contributed by atoms with Crippen LogP contribution in [0, 0.1) is 0 Å². The van der Waals surface area contributed by atoms with Crippen LogP contribution in [0.15, 0.2) is 59.6 Å². The van der Waals surface area contributed by atoms with Crippen molar-refractivity contribution in [2.75, 3.05) is 26.7 Å². The molecule has 0 aliphatic heterocycles. The summed E-state index contributed by atoms with van der Waals surface area (Å²) in [5.41, 5.74) is 2.07. The lowest BCUT2D eigenvalue weighted by Crippen LogP contribution is -2.38. The van der Waals surface area contributed by atoms with Crippen molar-refractivity contribution < 1.29 is 9.84 Å². The van der Waals surface area contributed by atoms with Gasteiger partial charge in [-0.25, -0.2) is 0 Å². The maximum Gasteiger partial charge on any atom is 0.191 e. The molecule has 2 aromatic carbocycles. The van der Waals surface area contributed by atoms with Gasteiger partial charge in [0.2, 0.25) is 0 Å². The molecule has 0 amide bonds. The van der Waals surface area contributed by atoms with Gasteiger partial charge in [-0.1, -0.05) is 42.5 Å². The van der Waals surface area contributed by atoms with E-state index in [9.17, 15) is 5.11 Å². The zero-order chi connectivity index (χ0) is 17.9. The van der Waals surface area contributed by atoms with E-state index in [1.165, 1.54) is 5.56 Å². The van der Waals surface area contributed by atoms with Gasteiger partial charge in [-0.15, -0.1) is 0 Å². The van der Waals surface area contributed by atoms with Gasteiger partial charge in [-0.2, -0.15) is 0 Å². The summed E-state index contributed by atoms with van der Waals surface area (Å²) in [4.78, 5) is 4.48. The highest BCUT2D eigenvalue weighted by Gasteiger charge is 2.08. The Kier molecular flexibility index (Phi) is 7.79. The van der Waals surface area contributed by atoms with E-state index in [0.717, 1.165) is 30.8 Å². The molecule has 5 nitrogen and oxygen atoms in total. The number of aliphatic hydroxyl groups is 1. The third-order valence-electron chi connectivity index (χ3n) is 3.79. The smallest absolute Gasteiger partial charge is 0.191 e. The lowest BCUT2D eigenvalue weighted by molar-refractivity contribution is 0.186. The molecular weight excluding hydrogens is 314 g/mol. The second-order valence-electron chi connectivity index (χ2n) is 5.67. The number of aliphatic imine (C=N–C) groups is 1. The van der Waals surface area contributed by atoms with Crippen LogP contribution in [0.25, 0.3) is 0 Å². The fraction of sp³-hybridized carbons (Fsp3) is 0.350. The summed E-state index contributed by atoms with van der Waals surface area (Å²) >= 11 is 0. The van der Waals surface area contributed by atoms with Gasteiger partial charge in [-0.3, -0.25) is 4.99 Å². The lowest BCUT2D eigenvalue weighted by atomic mass is 10.1. The average Bonchev–Trinajstić information content (AvgIpc) is 2.66. The number of nitrogens with one attached hydrogen (secondary N) is 2. The molecule has 2 rings (SSSR count). The van der Waals surface area contributed by atoms with Crippen LogP contribution in [0.1, 0.15) is 24.2 Å². The zero-order valence-corrected chi connectivity index (χ0v) is 14.9. The van der Waals surface area contributed by atoms with E-state index >= 15 is 0 Å². The highest BCUT2D eigenvalue weighted by Crippen LogP contribution is 2.19. The molecule has 0 fully saturated rings. The van der Waals surface area contributed by atoms with E-state index in [1.54, 1.807) is 7.11 Å². The number of hydrogen-bond donors (Lipinski definition) is 3. The number of methoxy groups -OCH3 is 1. The van der Waals surface area contributed by atoms with Crippen LogP contribution in [-0.2, 0) is 6.42 Å². The average molecular weight is 341 g/mol. The first-order chi connectivity index (χ1) is 12.2. The number of hydrogen-bond acceptors (Lipinski definition) is 3. The summed E-state index contributed by atoms with van der Waals surface area (Å²) in [7, 11) is 1.61. The van der Waals surface area contributed by atoms with Crippen molar-refractivity contribution in [2.45, 2.75) is 19.4 Å². The summed E-state index contributed by atoms with van der Waals surface area (Å²) < 4.78 is 5.19. The molecule has 5 heteroatoms.